The number of rotatable bonds is 0. The van der Waals surface area contributed by atoms with Gasteiger partial charge in [0, 0.05) is 0 Å². The number of hydrogen-bond donors (Lipinski definition) is 0. The summed E-state index contributed by atoms with van der Waals surface area (Å²) in [6.45, 7) is 0. The fourth-order valence-corrected chi connectivity index (χ4v) is 18.8. The van der Waals surface area contributed by atoms with Crippen molar-refractivity contribution in [3.8, 4) is 34.5 Å². The second kappa shape index (κ2) is 7.45. The molecule has 0 aromatic heterocycles. The molecule has 5 aliphatic heterocycles. The molecule has 5 heterocycles. The van der Waals surface area contributed by atoms with Crippen LogP contribution < -0.4 is 37.2 Å². The van der Waals surface area contributed by atoms with Crippen LogP contribution in [0.25, 0.3) is 21.5 Å². The van der Waals surface area contributed by atoms with Gasteiger partial charge in [-0.15, -0.1) is 0 Å². The van der Waals surface area contributed by atoms with E-state index in [9.17, 15) is 0 Å². The van der Waals surface area contributed by atoms with E-state index in [-0.39, 0.29) is 0 Å². The maximum atomic E-state index is 6.86. The van der Waals surface area contributed by atoms with Crippen LogP contribution in [-0.4, -0.2) is 13.3 Å². The van der Waals surface area contributed by atoms with Crippen molar-refractivity contribution in [3.05, 3.63) is 115 Å². The van der Waals surface area contributed by atoms with E-state index < -0.39 is 13.3 Å². The first-order valence-electron chi connectivity index (χ1n) is 15.3. The van der Waals surface area contributed by atoms with Crippen molar-refractivity contribution in [2.75, 3.05) is 9.80 Å². The van der Waals surface area contributed by atoms with Crippen LogP contribution in [0.4, 0.5) is 34.1 Å². The van der Waals surface area contributed by atoms with E-state index in [0.29, 0.717) is 0 Å². The Balaban J connectivity index is 1.23. The molecule has 7 aromatic carbocycles. The summed E-state index contributed by atoms with van der Waals surface area (Å²) < 4.78 is 24.5. The third kappa shape index (κ3) is 2.54. The number of nitrogens with zero attached hydrogens (tertiary/aromatic N) is 2. The molecular weight excluding hydrogens is 617 g/mol. The molecule has 5 aliphatic rings. The fraction of sp³-hybridized carbons (Fsp3) is 0.0256. The Kier molecular flexibility index (Phi) is 3.81. The molecule has 12 rings (SSSR count). The van der Waals surface area contributed by atoms with Crippen molar-refractivity contribution < 1.29 is 14.2 Å². The summed E-state index contributed by atoms with van der Waals surface area (Å²) in [6, 6.07) is 41.2. The summed E-state index contributed by atoms with van der Waals surface area (Å²) in [5.41, 5.74) is 6.85. The van der Waals surface area contributed by atoms with E-state index >= 15 is 0 Å². The zero-order valence-corrected chi connectivity index (χ0v) is 26.2. The van der Waals surface area contributed by atoms with Gasteiger partial charge in [0.25, 0.3) is 0 Å². The Labute approximate surface area is 260 Å². The van der Waals surface area contributed by atoms with Crippen LogP contribution in [-0.2, 0) is 0 Å². The number of ether oxygens (including phenoxy) is 3. The standard InChI is InChI=1S/C39H22GeN2O3/c1-40-35-25-11-6-12-26(35)42-28-18-22-8-3-5-10-24(22)20-34(28)45-32-16-14-30(37(40)39(32)42)43-29-13-15-31-38(36(29)40)41(25)27-17-21-7-2-4-9-23(21)19-33(27)44-31/h2-20H,1H3. The first kappa shape index (κ1) is 23.0. The molecule has 0 amide bonds. The van der Waals surface area contributed by atoms with Crippen molar-refractivity contribution in [1.82, 2.24) is 0 Å². The number of fused-ring (bicyclic) bond motifs is 8. The second-order valence-electron chi connectivity index (χ2n) is 12.7. The number of hydrogen-bond acceptors (Lipinski definition) is 5. The van der Waals surface area contributed by atoms with Crippen molar-refractivity contribution in [1.29, 1.82) is 0 Å². The molecule has 0 radical (unpaired) electrons. The Morgan fingerprint density at radius 3 is 1.31 bits per heavy atom. The maximum absolute atomic E-state index is 6.86. The van der Waals surface area contributed by atoms with Gasteiger partial charge in [0.1, 0.15) is 0 Å². The van der Waals surface area contributed by atoms with E-state index in [4.69, 9.17) is 14.2 Å². The summed E-state index contributed by atoms with van der Waals surface area (Å²) in [7, 11) is 0. The molecule has 0 atom stereocenters. The van der Waals surface area contributed by atoms with Gasteiger partial charge >= 0.3 is 262 Å². The minimum atomic E-state index is -3.38. The van der Waals surface area contributed by atoms with Crippen LogP contribution >= 0.6 is 0 Å². The Bertz CT molecular complexity index is 2410. The van der Waals surface area contributed by atoms with Crippen LogP contribution in [0.2, 0.25) is 5.76 Å². The molecule has 5 nitrogen and oxygen atoms in total. The van der Waals surface area contributed by atoms with Crippen molar-refractivity contribution in [3.63, 3.8) is 0 Å². The van der Waals surface area contributed by atoms with Crippen LogP contribution in [0.3, 0.4) is 0 Å². The Morgan fingerprint density at radius 1 is 0.400 bits per heavy atom. The normalized spacial score (nSPS) is 15.8. The molecule has 0 saturated heterocycles. The third-order valence-electron chi connectivity index (χ3n) is 10.5. The van der Waals surface area contributed by atoms with Gasteiger partial charge in [-0.25, -0.2) is 0 Å². The number of anilines is 6. The molecule has 6 heteroatoms. The van der Waals surface area contributed by atoms with Gasteiger partial charge in [0.15, 0.2) is 0 Å². The quantitative estimate of drug-likeness (QED) is 0.155. The van der Waals surface area contributed by atoms with Crippen LogP contribution in [0, 0.1) is 0 Å². The van der Waals surface area contributed by atoms with Gasteiger partial charge < -0.3 is 0 Å². The first-order chi connectivity index (χ1) is 22.2. The van der Waals surface area contributed by atoms with E-state index in [1.54, 1.807) is 0 Å². The molecule has 0 aliphatic carbocycles. The average molecular weight is 639 g/mol. The van der Waals surface area contributed by atoms with E-state index in [2.05, 4.69) is 131 Å². The van der Waals surface area contributed by atoms with E-state index in [1.807, 2.05) is 0 Å². The van der Waals surface area contributed by atoms with Gasteiger partial charge in [-0.05, 0) is 0 Å². The van der Waals surface area contributed by atoms with Crippen molar-refractivity contribution >= 4 is 82.1 Å². The molecule has 45 heavy (non-hydrogen) atoms. The van der Waals surface area contributed by atoms with Crippen molar-refractivity contribution in [2.45, 2.75) is 5.76 Å². The monoisotopic (exact) mass is 640 g/mol. The van der Waals surface area contributed by atoms with Gasteiger partial charge in [-0.3, -0.25) is 0 Å². The molecule has 0 fully saturated rings. The van der Waals surface area contributed by atoms with Gasteiger partial charge in [0.05, 0.1) is 0 Å². The number of benzene rings is 7. The zero-order valence-electron chi connectivity index (χ0n) is 24.1. The van der Waals surface area contributed by atoms with Gasteiger partial charge in [-0.1, -0.05) is 0 Å². The molecule has 0 unspecified atom stereocenters. The molecular formula is C39H22GeN2O3. The van der Waals surface area contributed by atoms with Gasteiger partial charge in [-0.2, -0.15) is 0 Å². The fourth-order valence-electron chi connectivity index (χ4n) is 8.67. The van der Waals surface area contributed by atoms with Crippen LogP contribution in [0.1, 0.15) is 0 Å². The molecule has 7 aromatic rings. The minimum absolute atomic E-state index is 0.869. The van der Waals surface area contributed by atoms with Crippen LogP contribution in [0.5, 0.6) is 34.5 Å². The second-order valence-corrected chi connectivity index (χ2v) is 20.5. The Morgan fingerprint density at radius 2 is 0.822 bits per heavy atom. The molecule has 210 valence electrons. The topological polar surface area (TPSA) is 34.2 Å². The Hall–Kier alpha value is -5.40. The van der Waals surface area contributed by atoms with E-state index in [1.165, 1.54) is 46.1 Å². The summed E-state index contributed by atoms with van der Waals surface area (Å²) in [4.78, 5) is 4.91. The van der Waals surface area contributed by atoms with Crippen LogP contribution in [0.15, 0.2) is 115 Å². The third-order valence-corrected chi connectivity index (χ3v) is 19.8. The van der Waals surface area contributed by atoms with Crippen molar-refractivity contribution in [2.24, 2.45) is 0 Å². The molecule has 0 spiro atoms. The predicted molar refractivity (Wildman–Crippen MR) is 182 cm³/mol. The molecule has 0 saturated carbocycles. The van der Waals surface area contributed by atoms with E-state index in [0.717, 1.165) is 57.2 Å². The molecule has 0 bridgehead atoms. The predicted octanol–water partition coefficient (Wildman–Crippen LogP) is 8.98. The summed E-state index contributed by atoms with van der Waals surface area (Å²) in [5.74, 6) is 7.93. The average Bonchev–Trinajstić information content (AvgIpc) is 3.07. The first-order valence-corrected chi connectivity index (χ1v) is 20.6. The van der Waals surface area contributed by atoms with Gasteiger partial charge in [0.2, 0.25) is 0 Å². The summed E-state index contributed by atoms with van der Waals surface area (Å²) in [6.07, 6.45) is 0. The summed E-state index contributed by atoms with van der Waals surface area (Å²) >= 11 is -3.38. The summed E-state index contributed by atoms with van der Waals surface area (Å²) in [5, 5.41) is 4.71. The SMILES string of the molecule is [CH3][Ge]12[c]3c4cccc3N3c5cc6ccccc6cc5Oc5ccc([c]1c53)Oc1ccc3c([c]12)N4c1cc2ccccc2cc1O3. The molecule has 0 N–H and O–H groups in total. The zero-order chi connectivity index (χ0) is 29.2.